The van der Waals surface area contributed by atoms with Gasteiger partial charge in [-0.25, -0.2) is 0 Å². The average molecular weight is 307 g/mol. The summed E-state index contributed by atoms with van der Waals surface area (Å²) >= 11 is 7.43. The normalized spacial score (nSPS) is 12.8. The number of anilines is 1. The minimum absolute atomic E-state index is 0.0239. The van der Waals surface area contributed by atoms with E-state index in [2.05, 4.69) is 10.6 Å². The molecule has 0 bridgehead atoms. The maximum absolute atomic E-state index is 12.1. The number of carbonyl (C=O) groups excluding carboxylic acids is 1. The fourth-order valence-corrected chi connectivity index (χ4v) is 3.41. The standard InChI is InChI=1S/C15H15ClN2OS/c16-14-4-3-12(20-14)6-8-18-15(19)11-2-1-10-5-7-17-13(10)9-11/h1-4,9,17H,5-8H2,(H,18,19). The summed E-state index contributed by atoms with van der Waals surface area (Å²) in [5.74, 6) is -0.0239. The van der Waals surface area contributed by atoms with Crippen molar-refractivity contribution in [1.29, 1.82) is 0 Å². The van der Waals surface area contributed by atoms with Gasteiger partial charge in [0.15, 0.2) is 0 Å². The molecule has 1 aromatic carbocycles. The van der Waals surface area contributed by atoms with Gasteiger partial charge in [0, 0.05) is 29.2 Å². The largest absolute Gasteiger partial charge is 0.384 e. The van der Waals surface area contributed by atoms with E-state index in [4.69, 9.17) is 11.6 Å². The fraction of sp³-hybridized carbons (Fsp3) is 0.267. The summed E-state index contributed by atoms with van der Waals surface area (Å²) in [6.45, 7) is 1.58. The van der Waals surface area contributed by atoms with Crippen LogP contribution in [0.3, 0.4) is 0 Å². The first-order valence-corrected chi connectivity index (χ1v) is 7.81. The first kappa shape index (κ1) is 13.5. The van der Waals surface area contributed by atoms with E-state index in [-0.39, 0.29) is 5.91 Å². The van der Waals surface area contributed by atoms with E-state index in [1.807, 2.05) is 30.3 Å². The highest BCUT2D eigenvalue weighted by Gasteiger charge is 2.13. The number of benzene rings is 1. The topological polar surface area (TPSA) is 41.1 Å². The van der Waals surface area contributed by atoms with E-state index in [1.165, 1.54) is 10.4 Å². The van der Waals surface area contributed by atoms with Crippen LogP contribution in [0.15, 0.2) is 30.3 Å². The molecule has 3 nitrogen and oxygen atoms in total. The SMILES string of the molecule is O=C(NCCc1ccc(Cl)s1)c1ccc2c(c1)NCC2. The predicted octanol–water partition coefficient (Wildman–Crippen LogP) is 3.34. The first-order valence-electron chi connectivity index (χ1n) is 6.61. The highest BCUT2D eigenvalue weighted by Crippen LogP contribution is 2.23. The molecular formula is C15H15ClN2OS. The Labute approximate surface area is 127 Å². The molecule has 104 valence electrons. The minimum atomic E-state index is -0.0239. The molecule has 0 unspecified atom stereocenters. The molecule has 0 atom stereocenters. The van der Waals surface area contributed by atoms with E-state index in [0.717, 1.165) is 29.4 Å². The van der Waals surface area contributed by atoms with Crippen LogP contribution in [0.1, 0.15) is 20.8 Å². The van der Waals surface area contributed by atoms with Crippen LogP contribution in [0.25, 0.3) is 0 Å². The van der Waals surface area contributed by atoms with E-state index in [1.54, 1.807) is 11.3 Å². The zero-order valence-corrected chi connectivity index (χ0v) is 12.5. The Hall–Kier alpha value is -1.52. The van der Waals surface area contributed by atoms with Crippen LogP contribution < -0.4 is 10.6 Å². The Bertz CT molecular complexity index is 639. The van der Waals surface area contributed by atoms with Gasteiger partial charge in [-0.1, -0.05) is 17.7 Å². The van der Waals surface area contributed by atoms with Crippen LogP contribution in [-0.2, 0) is 12.8 Å². The fourth-order valence-electron chi connectivity index (χ4n) is 2.32. The van der Waals surface area contributed by atoms with Gasteiger partial charge in [0.1, 0.15) is 0 Å². The summed E-state index contributed by atoms with van der Waals surface area (Å²) in [6, 6.07) is 9.74. The quantitative estimate of drug-likeness (QED) is 0.909. The van der Waals surface area contributed by atoms with E-state index in [9.17, 15) is 4.79 Å². The molecule has 0 saturated heterocycles. The molecule has 3 rings (SSSR count). The third-order valence-electron chi connectivity index (χ3n) is 3.37. The Morgan fingerprint density at radius 3 is 3.05 bits per heavy atom. The molecule has 0 saturated carbocycles. The van der Waals surface area contributed by atoms with Crippen molar-refractivity contribution < 1.29 is 4.79 Å². The average Bonchev–Trinajstić information content (AvgIpc) is 3.06. The molecule has 0 fully saturated rings. The molecule has 1 aliphatic rings. The lowest BCUT2D eigenvalue weighted by molar-refractivity contribution is 0.0954. The number of halogens is 1. The molecule has 2 N–H and O–H groups in total. The maximum atomic E-state index is 12.1. The second kappa shape index (κ2) is 5.85. The lowest BCUT2D eigenvalue weighted by Gasteiger charge is -2.06. The molecule has 20 heavy (non-hydrogen) atoms. The molecule has 5 heteroatoms. The summed E-state index contributed by atoms with van der Waals surface area (Å²) in [6.07, 6.45) is 1.85. The van der Waals surface area contributed by atoms with Gasteiger partial charge in [-0.2, -0.15) is 0 Å². The van der Waals surface area contributed by atoms with Gasteiger partial charge in [0.2, 0.25) is 0 Å². The summed E-state index contributed by atoms with van der Waals surface area (Å²) in [4.78, 5) is 13.3. The Morgan fingerprint density at radius 2 is 2.25 bits per heavy atom. The second-order valence-electron chi connectivity index (χ2n) is 4.76. The zero-order valence-electron chi connectivity index (χ0n) is 10.9. The monoisotopic (exact) mass is 306 g/mol. The number of amides is 1. The summed E-state index contributed by atoms with van der Waals surface area (Å²) in [5.41, 5.74) is 3.08. The highest BCUT2D eigenvalue weighted by molar-refractivity contribution is 7.16. The molecule has 1 amide bonds. The number of rotatable bonds is 4. The predicted molar refractivity (Wildman–Crippen MR) is 84.0 cm³/mol. The van der Waals surface area contributed by atoms with E-state index < -0.39 is 0 Å². The Morgan fingerprint density at radius 1 is 1.35 bits per heavy atom. The van der Waals surface area contributed by atoms with Gasteiger partial charge in [0.25, 0.3) is 5.91 Å². The van der Waals surface area contributed by atoms with Crippen molar-refractivity contribution in [3.05, 3.63) is 50.7 Å². The number of fused-ring (bicyclic) bond motifs is 1. The highest BCUT2D eigenvalue weighted by atomic mass is 35.5. The van der Waals surface area contributed by atoms with Crippen molar-refractivity contribution in [2.45, 2.75) is 12.8 Å². The lowest BCUT2D eigenvalue weighted by Crippen LogP contribution is -2.25. The third kappa shape index (κ3) is 2.97. The van der Waals surface area contributed by atoms with Crippen molar-refractivity contribution in [3.63, 3.8) is 0 Å². The van der Waals surface area contributed by atoms with E-state index in [0.29, 0.717) is 12.1 Å². The van der Waals surface area contributed by atoms with Gasteiger partial charge < -0.3 is 10.6 Å². The van der Waals surface area contributed by atoms with Crippen LogP contribution in [-0.4, -0.2) is 19.0 Å². The van der Waals surface area contributed by atoms with Gasteiger partial charge in [0.05, 0.1) is 4.34 Å². The van der Waals surface area contributed by atoms with Crippen LogP contribution in [0.4, 0.5) is 5.69 Å². The van der Waals surface area contributed by atoms with Gasteiger partial charge >= 0.3 is 0 Å². The molecule has 1 aromatic heterocycles. The van der Waals surface area contributed by atoms with Crippen LogP contribution >= 0.6 is 22.9 Å². The third-order valence-corrected chi connectivity index (χ3v) is 4.66. The first-order chi connectivity index (χ1) is 9.72. The molecule has 0 radical (unpaired) electrons. The van der Waals surface area contributed by atoms with Crippen molar-refractivity contribution in [1.82, 2.24) is 5.32 Å². The van der Waals surface area contributed by atoms with Crippen LogP contribution in [0.2, 0.25) is 4.34 Å². The van der Waals surface area contributed by atoms with Gasteiger partial charge in [-0.05, 0) is 42.7 Å². The molecule has 0 spiro atoms. The maximum Gasteiger partial charge on any atom is 0.251 e. The summed E-state index contributed by atoms with van der Waals surface area (Å²) < 4.78 is 0.788. The molecule has 0 aliphatic carbocycles. The number of hydrogen-bond donors (Lipinski definition) is 2. The number of nitrogens with one attached hydrogen (secondary N) is 2. The molecule has 1 aliphatic heterocycles. The molecule has 2 aromatic rings. The molecule has 2 heterocycles. The summed E-state index contributed by atoms with van der Waals surface area (Å²) in [7, 11) is 0. The number of carbonyl (C=O) groups is 1. The Balaban J connectivity index is 1.56. The number of hydrogen-bond acceptors (Lipinski definition) is 3. The van der Waals surface area contributed by atoms with Crippen LogP contribution in [0.5, 0.6) is 0 Å². The minimum Gasteiger partial charge on any atom is -0.384 e. The zero-order chi connectivity index (χ0) is 13.9. The van der Waals surface area contributed by atoms with Gasteiger partial charge in [-0.3, -0.25) is 4.79 Å². The Kier molecular flexibility index (Phi) is 3.94. The van der Waals surface area contributed by atoms with E-state index >= 15 is 0 Å². The number of thiophene rings is 1. The molecular weight excluding hydrogens is 292 g/mol. The van der Waals surface area contributed by atoms with Crippen molar-refractivity contribution in [2.24, 2.45) is 0 Å². The summed E-state index contributed by atoms with van der Waals surface area (Å²) in [5, 5.41) is 6.23. The van der Waals surface area contributed by atoms with Crippen molar-refractivity contribution in [2.75, 3.05) is 18.4 Å². The lowest BCUT2D eigenvalue weighted by atomic mass is 10.1. The van der Waals surface area contributed by atoms with Crippen LogP contribution in [0, 0.1) is 0 Å². The second-order valence-corrected chi connectivity index (χ2v) is 6.56. The smallest absolute Gasteiger partial charge is 0.251 e. The van der Waals surface area contributed by atoms with Crippen molar-refractivity contribution in [3.8, 4) is 0 Å². The van der Waals surface area contributed by atoms with Crippen molar-refractivity contribution >= 4 is 34.5 Å². The van der Waals surface area contributed by atoms with Gasteiger partial charge in [-0.15, -0.1) is 11.3 Å².